The molecule has 3 heterocycles. The predicted molar refractivity (Wildman–Crippen MR) is 101 cm³/mol. The lowest BCUT2D eigenvalue weighted by molar-refractivity contribution is 0.171. The summed E-state index contributed by atoms with van der Waals surface area (Å²) < 4.78 is 11.1. The van der Waals surface area contributed by atoms with Crippen LogP contribution in [0.2, 0.25) is 0 Å². The zero-order chi connectivity index (χ0) is 18.3. The van der Waals surface area contributed by atoms with Crippen LogP contribution in [0.5, 0.6) is 11.5 Å². The van der Waals surface area contributed by atoms with Gasteiger partial charge < -0.3 is 14.5 Å². The highest BCUT2D eigenvalue weighted by molar-refractivity contribution is 7.18. The zero-order valence-corrected chi connectivity index (χ0v) is 15.1. The fourth-order valence-electron chi connectivity index (χ4n) is 2.85. The Labute approximate surface area is 153 Å². The lowest BCUT2D eigenvalue weighted by Gasteiger charge is -2.18. The molecule has 0 atom stereocenters. The number of thiophene rings is 1. The summed E-state index contributed by atoms with van der Waals surface area (Å²) in [5.74, 6) is 1.59. The number of nitriles is 1. The molecule has 0 fully saturated rings. The van der Waals surface area contributed by atoms with Crippen LogP contribution in [0.25, 0.3) is 21.9 Å². The highest BCUT2D eigenvalue weighted by Gasteiger charge is 2.15. The predicted octanol–water partition coefficient (Wildman–Crippen LogP) is 3.44. The molecule has 1 aliphatic heterocycles. The first-order chi connectivity index (χ1) is 12.6. The number of aromatic nitrogens is 2. The van der Waals surface area contributed by atoms with Gasteiger partial charge >= 0.3 is 0 Å². The van der Waals surface area contributed by atoms with Crippen molar-refractivity contribution in [2.45, 2.75) is 13.8 Å². The first-order valence-electron chi connectivity index (χ1n) is 8.08. The van der Waals surface area contributed by atoms with Gasteiger partial charge in [0.25, 0.3) is 5.56 Å². The van der Waals surface area contributed by atoms with Gasteiger partial charge in [0.15, 0.2) is 17.3 Å². The molecule has 26 heavy (non-hydrogen) atoms. The number of rotatable bonds is 2. The van der Waals surface area contributed by atoms with Crippen molar-refractivity contribution in [3.05, 3.63) is 50.4 Å². The second-order valence-electron chi connectivity index (χ2n) is 5.95. The van der Waals surface area contributed by atoms with Crippen molar-refractivity contribution in [2.24, 2.45) is 0 Å². The Morgan fingerprint density at radius 1 is 1.31 bits per heavy atom. The Hall–Kier alpha value is -3.11. The average Bonchev–Trinajstić information content (AvgIpc) is 2.94. The van der Waals surface area contributed by atoms with Crippen LogP contribution >= 0.6 is 11.3 Å². The lowest BCUT2D eigenvalue weighted by Crippen LogP contribution is -2.15. The monoisotopic (exact) mass is 365 g/mol. The molecule has 6 nitrogen and oxygen atoms in total. The molecule has 0 saturated carbocycles. The highest BCUT2D eigenvalue weighted by Crippen LogP contribution is 2.32. The number of hydrogen-bond donors (Lipinski definition) is 1. The van der Waals surface area contributed by atoms with Gasteiger partial charge in [0.2, 0.25) is 0 Å². The molecule has 0 amide bonds. The van der Waals surface area contributed by atoms with E-state index in [0.717, 1.165) is 16.0 Å². The van der Waals surface area contributed by atoms with E-state index in [4.69, 9.17) is 9.47 Å². The first kappa shape index (κ1) is 16.4. The smallest absolute Gasteiger partial charge is 0.260 e. The van der Waals surface area contributed by atoms with Gasteiger partial charge in [0.05, 0.1) is 11.0 Å². The summed E-state index contributed by atoms with van der Waals surface area (Å²) in [7, 11) is 0. The molecular weight excluding hydrogens is 350 g/mol. The highest BCUT2D eigenvalue weighted by atomic mass is 32.1. The standard InChI is InChI=1S/C19H15N3O3S/c1-10-11(2)26-19-16(10)18(23)21-17(22-19)13(9-20)7-12-3-4-14-15(8-12)25-6-5-24-14/h3-4,7-8H,5-6H2,1-2H3,(H,21,22,23). The molecule has 0 aliphatic carbocycles. The van der Waals surface area contributed by atoms with E-state index in [-0.39, 0.29) is 17.0 Å². The van der Waals surface area contributed by atoms with Crippen LogP contribution in [0.4, 0.5) is 0 Å². The molecule has 7 heteroatoms. The third-order valence-corrected chi connectivity index (χ3v) is 5.39. The van der Waals surface area contributed by atoms with Crippen LogP contribution in [0.1, 0.15) is 21.8 Å². The summed E-state index contributed by atoms with van der Waals surface area (Å²) in [6.07, 6.45) is 1.68. The summed E-state index contributed by atoms with van der Waals surface area (Å²) in [4.78, 5) is 21.3. The Kier molecular flexibility index (Phi) is 3.98. The summed E-state index contributed by atoms with van der Waals surface area (Å²) in [5.41, 5.74) is 1.76. The molecule has 0 bridgehead atoms. The number of allylic oxidation sites excluding steroid dienone is 1. The van der Waals surface area contributed by atoms with E-state index in [1.165, 1.54) is 11.3 Å². The Morgan fingerprint density at radius 2 is 2.08 bits per heavy atom. The number of fused-ring (bicyclic) bond motifs is 2. The zero-order valence-electron chi connectivity index (χ0n) is 14.3. The lowest BCUT2D eigenvalue weighted by atomic mass is 10.1. The molecule has 1 aromatic carbocycles. The van der Waals surface area contributed by atoms with Crippen molar-refractivity contribution >= 4 is 33.2 Å². The minimum atomic E-state index is -0.227. The third kappa shape index (κ3) is 2.74. The second-order valence-corrected chi connectivity index (χ2v) is 7.15. The number of nitrogens with one attached hydrogen (secondary N) is 1. The molecule has 0 unspecified atom stereocenters. The molecule has 0 radical (unpaired) electrons. The van der Waals surface area contributed by atoms with Gasteiger partial charge in [-0.2, -0.15) is 5.26 Å². The fourth-order valence-corrected chi connectivity index (χ4v) is 3.88. The number of ether oxygens (including phenoxy) is 2. The Balaban J connectivity index is 1.80. The van der Waals surface area contributed by atoms with E-state index >= 15 is 0 Å². The largest absolute Gasteiger partial charge is 0.486 e. The maximum Gasteiger partial charge on any atom is 0.260 e. The summed E-state index contributed by atoms with van der Waals surface area (Å²) in [5, 5.41) is 10.2. The first-order valence-corrected chi connectivity index (χ1v) is 8.90. The van der Waals surface area contributed by atoms with Gasteiger partial charge in [-0.05, 0) is 43.2 Å². The molecular formula is C19H15N3O3S. The van der Waals surface area contributed by atoms with Crippen molar-refractivity contribution in [3.63, 3.8) is 0 Å². The number of hydrogen-bond acceptors (Lipinski definition) is 6. The third-order valence-electron chi connectivity index (χ3n) is 4.29. The maximum absolute atomic E-state index is 12.4. The van der Waals surface area contributed by atoms with Gasteiger partial charge in [-0.25, -0.2) is 4.98 Å². The van der Waals surface area contributed by atoms with Gasteiger partial charge in [0.1, 0.15) is 24.1 Å². The SMILES string of the molecule is Cc1sc2nc(C(C#N)=Cc3ccc4c(c3)OCCO4)[nH]c(=O)c2c1C. The minimum Gasteiger partial charge on any atom is -0.486 e. The van der Waals surface area contributed by atoms with E-state index in [9.17, 15) is 10.1 Å². The molecule has 0 spiro atoms. The summed E-state index contributed by atoms with van der Waals surface area (Å²) in [6.45, 7) is 4.88. The van der Waals surface area contributed by atoms with Gasteiger partial charge in [-0.3, -0.25) is 4.79 Å². The van der Waals surface area contributed by atoms with E-state index < -0.39 is 0 Å². The van der Waals surface area contributed by atoms with Crippen molar-refractivity contribution in [2.75, 3.05) is 13.2 Å². The number of H-pyrrole nitrogens is 1. The Morgan fingerprint density at radius 3 is 2.85 bits per heavy atom. The van der Waals surface area contributed by atoms with Crippen LogP contribution in [0.3, 0.4) is 0 Å². The van der Waals surface area contributed by atoms with Crippen LogP contribution in [-0.2, 0) is 0 Å². The van der Waals surface area contributed by atoms with E-state index in [1.54, 1.807) is 12.1 Å². The van der Waals surface area contributed by atoms with Crippen molar-refractivity contribution in [1.29, 1.82) is 5.26 Å². The van der Waals surface area contributed by atoms with E-state index in [1.807, 2.05) is 26.0 Å². The van der Waals surface area contributed by atoms with Gasteiger partial charge in [-0.15, -0.1) is 11.3 Å². The number of aromatic amines is 1. The summed E-state index contributed by atoms with van der Waals surface area (Å²) in [6, 6.07) is 7.57. The van der Waals surface area contributed by atoms with Crippen molar-refractivity contribution < 1.29 is 9.47 Å². The Bertz CT molecular complexity index is 1150. The normalized spacial score (nSPS) is 13.7. The van der Waals surface area contributed by atoms with Crippen LogP contribution in [0.15, 0.2) is 23.0 Å². The van der Waals surface area contributed by atoms with E-state index in [2.05, 4.69) is 16.0 Å². The second kappa shape index (κ2) is 6.32. The molecule has 130 valence electrons. The molecule has 4 rings (SSSR count). The maximum atomic E-state index is 12.4. The van der Waals surface area contributed by atoms with Crippen LogP contribution in [0, 0.1) is 25.2 Å². The van der Waals surface area contributed by atoms with Crippen molar-refractivity contribution in [3.8, 4) is 17.6 Å². The number of benzene rings is 1. The van der Waals surface area contributed by atoms with Crippen LogP contribution in [-0.4, -0.2) is 23.2 Å². The minimum absolute atomic E-state index is 0.227. The molecule has 1 aliphatic rings. The number of nitrogens with zero attached hydrogens (tertiary/aromatic N) is 2. The van der Waals surface area contributed by atoms with Gasteiger partial charge in [-0.1, -0.05) is 6.07 Å². The topological polar surface area (TPSA) is 88.0 Å². The molecule has 2 aromatic heterocycles. The average molecular weight is 365 g/mol. The van der Waals surface area contributed by atoms with E-state index in [0.29, 0.717) is 34.9 Å². The van der Waals surface area contributed by atoms with Gasteiger partial charge in [0, 0.05) is 4.88 Å². The fraction of sp³-hybridized carbons (Fsp3) is 0.211. The molecule has 3 aromatic rings. The molecule has 1 N–H and O–H groups in total. The quantitative estimate of drug-likeness (QED) is 0.703. The van der Waals surface area contributed by atoms with Crippen molar-refractivity contribution in [1.82, 2.24) is 9.97 Å². The summed E-state index contributed by atoms with van der Waals surface area (Å²) >= 11 is 1.46. The number of aryl methyl sites for hydroxylation is 2. The van der Waals surface area contributed by atoms with Crippen LogP contribution < -0.4 is 15.0 Å². The molecule has 0 saturated heterocycles.